The molecule has 0 saturated carbocycles. The molecular weight excluding hydrogens is 198 g/mol. The molecule has 88 valence electrons. The van der Waals surface area contributed by atoms with E-state index < -0.39 is 0 Å². The van der Waals surface area contributed by atoms with Crippen molar-refractivity contribution in [1.29, 1.82) is 0 Å². The molecule has 0 aliphatic heterocycles. The topological polar surface area (TPSA) is 21.3 Å². The van der Waals surface area contributed by atoms with Gasteiger partial charge in [-0.3, -0.25) is 0 Å². The van der Waals surface area contributed by atoms with Crippen LogP contribution in [-0.4, -0.2) is 13.2 Å². The van der Waals surface area contributed by atoms with Crippen molar-refractivity contribution >= 4 is 0 Å². The van der Waals surface area contributed by atoms with Crippen molar-refractivity contribution in [3.05, 3.63) is 42.5 Å². The Hall–Kier alpha value is -1.28. The van der Waals surface area contributed by atoms with Crippen LogP contribution >= 0.6 is 0 Å². The molecule has 0 spiro atoms. The van der Waals surface area contributed by atoms with E-state index in [9.17, 15) is 0 Å². The highest BCUT2D eigenvalue weighted by Crippen LogP contribution is 2.11. The molecule has 0 atom stereocenters. The van der Waals surface area contributed by atoms with E-state index in [1.165, 1.54) is 5.56 Å². The Morgan fingerprint density at radius 2 is 2.00 bits per heavy atom. The fraction of sp³-hybridized carbons (Fsp3) is 0.429. The van der Waals surface area contributed by atoms with Crippen LogP contribution in [0, 0.1) is 5.92 Å². The van der Waals surface area contributed by atoms with E-state index in [4.69, 9.17) is 4.74 Å². The van der Waals surface area contributed by atoms with Gasteiger partial charge in [-0.1, -0.05) is 38.6 Å². The summed E-state index contributed by atoms with van der Waals surface area (Å²) in [6, 6.07) is 8.17. The lowest BCUT2D eigenvalue weighted by Gasteiger charge is -2.08. The van der Waals surface area contributed by atoms with Gasteiger partial charge in [0.2, 0.25) is 0 Å². The van der Waals surface area contributed by atoms with Crippen LogP contribution in [0.2, 0.25) is 0 Å². The maximum Gasteiger partial charge on any atom is 0.119 e. The van der Waals surface area contributed by atoms with Crippen LogP contribution in [0.5, 0.6) is 5.75 Å². The first-order chi connectivity index (χ1) is 7.72. The molecule has 0 fully saturated rings. The van der Waals surface area contributed by atoms with Crippen LogP contribution in [0.4, 0.5) is 0 Å². The molecule has 0 amide bonds. The monoisotopic (exact) mass is 219 g/mol. The van der Waals surface area contributed by atoms with Gasteiger partial charge in [0.25, 0.3) is 0 Å². The Labute approximate surface area is 98.3 Å². The third-order valence-corrected chi connectivity index (χ3v) is 2.17. The lowest BCUT2D eigenvalue weighted by molar-refractivity contribution is 0.363. The molecule has 0 radical (unpaired) electrons. The minimum absolute atomic E-state index is 0.560. The Kier molecular flexibility index (Phi) is 5.65. The number of benzene rings is 1. The van der Waals surface area contributed by atoms with Gasteiger partial charge in [-0.2, -0.15) is 0 Å². The summed E-state index contributed by atoms with van der Waals surface area (Å²) in [6.07, 6.45) is 1.75. The highest BCUT2D eigenvalue weighted by molar-refractivity contribution is 5.27. The minimum atomic E-state index is 0.560. The maximum absolute atomic E-state index is 5.41. The second-order valence-corrected chi connectivity index (χ2v) is 4.27. The summed E-state index contributed by atoms with van der Waals surface area (Å²) in [7, 11) is 0. The van der Waals surface area contributed by atoms with Crippen LogP contribution in [0.3, 0.4) is 0 Å². The summed E-state index contributed by atoms with van der Waals surface area (Å²) in [5, 5.41) is 3.41. The molecule has 0 aliphatic rings. The first-order valence-corrected chi connectivity index (χ1v) is 5.75. The first-order valence-electron chi connectivity index (χ1n) is 5.75. The molecule has 2 nitrogen and oxygen atoms in total. The Morgan fingerprint density at radius 1 is 1.31 bits per heavy atom. The van der Waals surface area contributed by atoms with Gasteiger partial charge in [0.05, 0.1) is 0 Å². The summed E-state index contributed by atoms with van der Waals surface area (Å²) < 4.78 is 5.41. The van der Waals surface area contributed by atoms with Crippen LogP contribution in [0.25, 0.3) is 0 Å². The molecule has 2 heteroatoms. The summed E-state index contributed by atoms with van der Waals surface area (Å²) >= 11 is 0. The fourth-order valence-electron chi connectivity index (χ4n) is 1.36. The van der Waals surface area contributed by atoms with E-state index in [-0.39, 0.29) is 0 Å². The molecule has 0 heterocycles. The molecule has 1 rings (SSSR count). The third kappa shape index (κ3) is 4.99. The van der Waals surface area contributed by atoms with Crippen molar-refractivity contribution in [3.63, 3.8) is 0 Å². The van der Waals surface area contributed by atoms with E-state index in [1.807, 2.05) is 12.1 Å². The zero-order valence-electron chi connectivity index (χ0n) is 10.2. The average Bonchev–Trinajstić information content (AvgIpc) is 2.27. The summed E-state index contributed by atoms with van der Waals surface area (Å²) in [4.78, 5) is 0. The van der Waals surface area contributed by atoms with Gasteiger partial charge < -0.3 is 10.1 Å². The second kappa shape index (κ2) is 7.07. The number of hydrogen-bond donors (Lipinski definition) is 1. The third-order valence-electron chi connectivity index (χ3n) is 2.17. The molecular formula is C14H21NO. The van der Waals surface area contributed by atoms with Crippen LogP contribution in [0.1, 0.15) is 19.4 Å². The van der Waals surface area contributed by atoms with Gasteiger partial charge in [-0.25, -0.2) is 0 Å². The molecule has 0 bridgehead atoms. The minimum Gasteiger partial charge on any atom is -0.490 e. The quantitative estimate of drug-likeness (QED) is 0.712. The molecule has 0 unspecified atom stereocenters. The van der Waals surface area contributed by atoms with Gasteiger partial charge >= 0.3 is 0 Å². The summed E-state index contributed by atoms with van der Waals surface area (Å²) in [6.45, 7) is 10.6. The lowest BCUT2D eigenvalue weighted by atomic mass is 10.2. The van der Waals surface area contributed by atoms with Crippen molar-refractivity contribution < 1.29 is 4.74 Å². The largest absolute Gasteiger partial charge is 0.490 e. The van der Waals surface area contributed by atoms with Crippen molar-refractivity contribution in [2.75, 3.05) is 13.2 Å². The van der Waals surface area contributed by atoms with E-state index in [1.54, 1.807) is 6.08 Å². The molecule has 0 aliphatic carbocycles. The van der Waals surface area contributed by atoms with Crippen molar-refractivity contribution in [3.8, 4) is 5.75 Å². The molecule has 0 aromatic heterocycles. The van der Waals surface area contributed by atoms with Crippen molar-refractivity contribution in [1.82, 2.24) is 5.32 Å². The first kappa shape index (κ1) is 12.8. The Balaban J connectivity index is 2.35. The summed E-state index contributed by atoms with van der Waals surface area (Å²) in [5.41, 5.74) is 1.28. The standard InChI is InChI=1S/C14H21NO/c1-4-9-16-14-7-5-13(6-8-14)11-15-10-12(2)3/h4-8,12,15H,1,9-11H2,2-3H3. The van der Waals surface area contributed by atoms with E-state index in [0.29, 0.717) is 12.5 Å². The van der Waals surface area contributed by atoms with E-state index >= 15 is 0 Å². The molecule has 1 aromatic carbocycles. The van der Waals surface area contributed by atoms with E-state index in [2.05, 4.69) is 37.9 Å². The van der Waals surface area contributed by atoms with E-state index in [0.717, 1.165) is 18.8 Å². The number of rotatable bonds is 7. The van der Waals surface area contributed by atoms with Gasteiger partial charge in [-0.15, -0.1) is 0 Å². The van der Waals surface area contributed by atoms with Gasteiger partial charge in [0.1, 0.15) is 12.4 Å². The Morgan fingerprint density at radius 3 is 2.56 bits per heavy atom. The predicted molar refractivity (Wildman–Crippen MR) is 68.7 cm³/mol. The SMILES string of the molecule is C=CCOc1ccc(CNCC(C)C)cc1. The van der Waals surface area contributed by atoms with Crippen LogP contribution in [0.15, 0.2) is 36.9 Å². The second-order valence-electron chi connectivity index (χ2n) is 4.27. The predicted octanol–water partition coefficient (Wildman–Crippen LogP) is 3.00. The van der Waals surface area contributed by atoms with Gasteiger partial charge in [0.15, 0.2) is 0 Å². The average molecular weight is 219 g/mol. The molecule has 0 saturated heterocycles. The number of nitrogens with one attached hydrogen (secondary N) is 1. The zero-order chi connectivity index (χ0) is 11.8. The normalized spacial score (nSPS) is 10.4. The van der Waals surface area contributed by atoms with Crippen LogP contribution < -0.4 is 10.1 Å². The molecule has 16 heavy (non-hydrogen) atoms. The van der Waals surface area contributed by atoms with Crippen molar-refractivity contribution in [2.45, 2.75) is 20.4 Å². The smallest absolute Gasteiger partial charge is 0.119 e. The lowest BCUT2D eigenvalue weighted by Crippen LogP contribution is -2.18. The van der Waals surface area contributed by atoms with Gasteiger partial charge in [0, 0.05) is 6.54 Å². The molecule has 1 aromatic rings. The van der Waals surface area contributed by atoms with Gasteiger partial charge in [-0.05, 0) is 30.2 Å². The van der Waals surface area contributed by atoms with Crippen molar-refractivity contribution in [2.24, 2.45) is 5.92 Å². The highest BCUT2D eigenvalue weighted by atomic mass is 16.5. The Bertz CT molecular complexity index is 303. The highest BCUT2D eigenvalue weighted by Gasteiger charge is 1.96. The summed E-state index contributed by atoms with van der Waals surface area (Å²) in [5.74, 6) is 1.59. The molecule has 1 N–H and O–H groups in total. The maximum atomic E-state index is 5.41. The number of hydrogen-bond acceptors (Lipinski definition) is 2. The number of ether oxygens (including phenoxy) is 1. The fourth-order valence-corrected chi connectivity index (χ4v) is 1.36. The van der Waals surface area contributed by atoms with Crippen LogP contribution in [-0.2, 0) is 6.54 Å². The zero-order valence-corrected chi connectivity index (χ0v) is 10.2.